The van der Waals surface area contributed by atoms with Crippen molar-refractivity contribution in [2.75, 3.05) is 19.6 Å². The van der Waals surface area contributed by atoms with Gasteiger partial charge in [0, 0.05) is 13.1 Å². The zero-order valence-electron chi connectivity index (χ0n) is 16.2. The molecule has 0 aliphatic carbocycles. The minimum Gasteiger partial charge on any atom is -0.341 e. The Hall–Kier alpha value is -2.08. The number of hydrogen-bond donors (Lipinski definition) is 0. The van der Waals surface area contributed by atoms with Crippen molar-refractivity contribution in [1.82, 2.24) is 9.80 Å². The van der Waals surface area contributed by atoms with Crippen LogP contribution in [0.15, 0.2) is 17.0 Å². The van der Waals surface area contributed by atoms with Gasteiger partial charge in [-0.3, -0.25) is 19.3 Å². The van der Waals surface area contributed by atoms with E-state index in [0.717, 1.165) is 59.0 Å². The highest BCUT2D eigenvalue weighted by atomic mass is 32.2. The van der Waals surface area contributed by atoms with Crippen LogP contribution in [0, 0.1) is 20.8 Å². The largest absolute Gasteiger partial charge is 0.341 e. The van der Waals surface area contributed by atoms with E-state index >= 15 is 0 Å². The molecule has 0 radical (unpaired) electrons. The second kappa shape index (κ2) is 8.30. The van der Waals surface area contributed by atoms with Gasteiger partial charge in [0.1, 0.15) is 6.54 Å². The van der Waals surface area contributed by atoms with Gasteiger partial charge in [-0.25, -0.2) is 0 Å². The molecule has 2 aliphatic heterocycles. The zero-order valence-corrected chi connectivity index (χ0v) is 17.0. The van der Waals surface area contributed by atoms with Crippen LogP contribution in [0.2, 0.25) is 0 Å². The van der Waals surface area contributed by atoms with E-state index in [1.807, 2.05) is 20.8 Å². The van der Waals surface area contributed by atoms with Crippen LogP contribution in [-0.2, 0) is 9.59 Å². The lowest BCUT2D eigenvalue weighted by molar-refractivity contribution is -0.135. The molecule has 1 aromatic carbocycles. The lowest BCUT2D eigenvalue weighted by Gasteiger charge is -2.22. The summed E-state index contributed by atoms with van der Waals surface area (Å²) in [5, 5.41) is -0.364. The summed E-state index contributed by atoms with van der Waals surface area (Å²) < 4.78 is 0. The molecule has 6 heteroatoms. The topological polar surface area (TPSA) is 57.7 Å². The van der Waals surface area contributed by atoms with Crippen molar-refractivity contribution in [3.05, 3.63) is 39.3 Å². The fraction of sp³-hybridized carbons (Fsp3) is 0.476. The van der Waals surface area contributed by atoms with Gasteiger partial charge in [0.05, 0.1) is 4.91 Å². The summed E-state index contributed by atoms with van der Waals surface area (Å²) in [5.74, 6) is -0.504. The minimum absolute atomic E-state index is 0.136. The molecule has 0 unspecified atom stereocenters. The molecule has 3 amide bonds. The first-order valence-electron chi connectivity index (χ1n) is 9.48. The highest BCUT2D eigenvalue weighted by molar-refractivity contribution is 8.18. The highest BCUT2D eigenvalue weighted by Crippen LogP contribution is 2.33. The monoisotopic (exact) mass is 386 g/mol. The van der Waals surface area contributed by atoms with E-state index in [4.69, 9.17) is 0 Å². The molecule has 5 nitrogen and oxygen atoms in total. The lowest BCUT2D eigenvalue weighted by atomic mass is 9.99. The SMILES string of the molecule is Cc1cc(C)c(C=C2SC(=O)N(CC(=O)N3CCCCCC3)C2=O)c(C)c1. The van der Waals surface area contributed by atoms with Crippen molar-refractivity contribution < 1.29 is 14.4 Å². The Morgan fingerprint density at radius 2 is 1.63 bits per heavy atom. The van der Waals surface area contributed by atoms with Gasteiger partial charge < -0.3 is 4.90 Å². The van der Waals surface area contributed by atoms with Crippen molar-refractivity contribution in [2.24, 2.45) is 0 Å². The summed E-state index contributed by atoms with van der Waals surface area (Å²) in [4.78, 5) is 40.9. The van der Waals surface area contributed by atoms with Gasteiger partial charge in [-0.05, 0) is 68.1 Å². The normalized spacial score (nSPS) is 19.7. The van der Waals surface area contributed by atoms with Crippen LogP contribution < -0.4 is 0 Å². The first kappa shape index (κ1) is 19.7. The van der Waals surface area contributed by atoms with E-state index in [1.165, 1.54) is 5.56 Å². The molecule has 2 saturated heterocycles. The summed E-state index contributed by atoms with van der Waals surface area (Å²) in [7, 11) is 0. The van der Waals surface area contributed by atoms with Crippen LogP contribution in [-0.4, -0.2) is 46.5 Å². The molecule has 0 aromatic heterocycles. The Bertz CT molecular complexity index is 785. The number of rotatable bonds is 3. The number of nitrogens with zero attached hydrogens (tertiary/aromatic N) is 2. The molecule has 2 fully saturated rings. The Morgan fingerprint density at radius 1 is 1.04 bits per heavy atom. The second-order valence-corrected chi connectivity index (χ2v) is 8.37. The van der Waals surface area contributed by atoms with Crippen LogP contribution >= 0.6 is 11.8 Å². The van der Waals surface area contributed by atoms with E-state index < -0.39 is 0 Å². The van der Waals surface area contributed by atoms with Gasteiger partial charge in [0.15, 0.2) is 0 Å². The summed E-state index contributed by atoms with van der Waals surface area (Å²) in [6.45, 7) is 7.30. The average Bonchev–Trinajstić information content (AvgIpc) is 2.82. The molecule has 0 bridgehead atoms. The number of imide groups is 1. The van der Waals surface area contributed by atoms with Gasteiger partial charge in [-0.15, -0.1) is 0 Å². The van der Waals surface area contributed by atoms with Crippen LogP contribution in [0.1, 0.15) is 47.9 Å². The number of thioether (sulfide) groups is 1. The van der Waals surface area contributed by atoms with Crippen molar-refractivity contribution in [2.45, 2.75) is 46.5 Å². The first-order valence-corrected chi connectivity index (χ1v) is 10.3. The predicted octanol–water partition coefficient (Wildman–Crippen LogP) is 4.05. The van der Waals surface area contributed by atoms with Crippen LogP contribution in [0.25, 0.3) is 6.08 Å². The quantitative estimate of drug-likeness (QED) is 0.736. The van der Waals surface area contributed by atoms with Crippen molar-refractivity contribution in [3.63, 3.8) is 0 Å². The summed E-state index contributed by atoms with van der Waals surface area (Å²) in [5.41, 5.74) is 4.27. The maximum absolute atomic E-state index is 12.7. The molecule has 1 aromatic rings. The molecule has 0 N–H and O–H groups in total. The molecule has 27 heavy (non-hydrogen) atoms. The van der Waals surface area contributed by atoms with Crippen molar-refractivity contribution >= 4 is 34.9 Å². The van der Waals surface area contributed by atoms with Gasteiger partial charge in [-0.2, -0.15) is 0 Å². The summed E-state index contributed by atoms with van der Waals surface area (Å²) in [6.07, 6.45) is 6.01. The van der Waals surface area contributed by atoms with Gasteiger partial charge >= 0.3 is 0 Å². The minimum atomic E-state index is -0.368. The first-order chi connectivity index (χ1) is 12.9. The molecule has 0 spiro atoms. The van der Waals surface area contributed by atoms with E-state index in [-0.39, 0.29) is 23.6 Å². The third-order valence-electron chi connectivity index (χ3n) is 5.14. The third kappa shape index (κ3) is 4.43. The molecule has 0 saturated carbocycles. The Labute approximate surface area is 164 Å². The lowest BCUT2D eigenvalue weighted by Crippen LogP contribution is -2.42. The molecular formula is C21H26N2O3S. The van der Waals surface area contributed by atoms with Crippen LogP contribution in [0.3, 0.4) is 0 Å². The Balaban J connectivity index is 1.76. The standard InChI is InChI=1S/C21H26N2O3S/c1-14-10-15(2)17(16(3)11-14)12-18-20(25)23(21(26)27-18)13-19(24)22-8-6-4-5-7-9-22/h10-12H,4-9,13H2,1-3H3. The highest BCUT2D eigenvalue weighted by Gasteiger charge is 2.37. The predicted molar refractivity (Wildman–Crippen MR) is 108 cm³/mol. The summed E-state index contributed by atoms with van der Waals surface area (Å²) >= 11 is 0.919. The molecule has 2 aliphatic rings. The van der Waals surface area contributed by atoms with Crippen LogP contribution in [0.5, 0.6) is 0 Å². The molecule has 3 rings (SSSR count). The average molecular weight is 387 g/mol. The number of aryl methyl sites for hydroxylation is 3. The van der Waals surface area contributed by atoms with Gasteiger partial charge in [0.2, 0.25) is 5.91 Å². The zero-order chi connectivity index (χ0) is 19.6. The van der Waals surface area contributed by atoms with Crippen LogP contribution in [0.4, 0.5) is 4.79 Å². The van der Waals surface area contributed by atoms with Gasteiger partial charge in [0.25, 0.3) is 11.1 Å². The number of hydrogen-bond acceptors (Lipinski definition) is 4. The van der Waals surface area contributed by atoms with Gasteiger partial charge in [-0.1, -0.05) is 30.5 Å². The number of carbonyl (C=O) groups excluding carboxylic acids is 3. The third-order valence-corrected chi connectivity index (χ3v) is 6.05. The maximum Gasteiger partial charge on any atom is 0.294 e. The van der Waals surface area contributed by atoms with E-state index in [2.05, 4.69) is 12.1 Å². The smallest absolute Gasteiger partial charge is 0.294 e. The maximum atomic E-state index is 12.7. The number of likely N-dealkylation sites (tertiary alicyclic amines) is 1. The second-order valence-electron chi connectivity index (χ2n) is 7.38. The molecular weight excluding hydrogens is 360 g/mol. The number of carbonyl (C=O) groups is 3. The van der Waals surface area contributed by atoms with Crippen molar-refractivity contribution in [1.29, 1.82) is 0 Å². The number of benzene rings is 1. The molecule has 0 atom stereocenters. The molecule has 144 valence electrons. The fourth-order valence-electron chi connectivity index (χ4n) is 3.74. The Kier molecular flexibility index (Phi) is 6.05. The molecule has 2 heterocycles. The van der Waals surface area contributed by atoms with E-state index in [1.54, 1.807) is 11.0 Å². The van der Waals surface area contributed by atoms with E-state index in [0.29, 0.717) is 18.0 Å². The summed E-state index contributed by atoms with van der Waals surface area (Å²) in [6, 6.07) is 4.12. The van der Waals surface area contributed by atoms with Crippen molar-refractivity contribution in [3.8, 4) is 0 Å². The fourth-order valence-corrected chi connectivity index (χ4v) is 4.56. The number of amides is 3. The Morgan fingerprint density at radius 3 is 2.22 bits per heavy atom. The van der Waals surface area contributed by atoms with E-state index in [9.17, 15) is 14.4 Å².